The number of allylic oxidation sites excluding steroid dienone is 3. The van der Waals surface area contributed by atoms with Crippen LogP contribution in [0, 0.1) is 6.92 Å². The van der Waals surface area contributed by atoms with Crippen molar-refractivity contribution in [3.05, 3.63) is 59.1 Å². The molecule has 1 unspecified atom stereocenters. The molecule has 1 aliphatic rings. The van der Waals surface area contributed by atoms with E-state index in [-0.39, 0.29) is 17.8 Å². The molecular weight excluding hydrogens is 418 g/mol. The summed E-state index contributed by atoms with van der Waals surface area (Å²) in [5, 5.41) is 21.9. The number of nitrogens with two attached hydrogens (primary N) is 1. The van der Waals surface area contributed by atoms with Crippen molar-refractivity contribution >= 4 is 11.4 Å². The minimum Gasteiger partial charge on any atom is -0.414 e. The van der Waals surface area contributed by atoms with Gasteiger partial charge in [0.15, 0.2) is 11.5 Å². The third kappa shape index (κ3) is 4.37. The monoisotopic (exact) mass is 447 g/mol. The zero-order chi connectivity index (χ0) is 23.7. The van der Waals surface area contributed by atoms with Gasteiger partial charge in [0.25, 0.3) is 5.89 Å². The van der Waals surface area contributed by atoms with Crippen LogP contribution in [-0.2, 0) is 6.54 Å². The minimum atomic E-state index is -0.684. The number of anilines is 1. The normalized spacial score (nSPS) is 16.2. The van der Waals surface area contributed by atoms with E-state index in [2.05, 4.69) is 26.6 Å². The number of benzene rings is 1. The molecule has 1 atom stereocenters. The molecule has 9 heteroatoms. The lowest BCUT2D eigenvalue weighted by Gasteiger charge is -2.36. The Morgan fingerprint density at radius 2 is 1.97 bits per heavy atom. The predicted molar refractivity (Wildman–Crippen MR) is 127 cm³/mol. The summed E-state index contributed by atoms with van der Waals surface area (Å²) in [7, 11) is 1.91. The first-order valence-corrected chi connectivity index (χ1v) is 10.9. The molecule has 3 heterocycles. The fourth-order valence-corrected chi connectivity index (χ4v) is 4.09. The summed E-state index contributed by atoms with van der Waals surface area (Å²) in [6, 6.07) is 6.20. The molecule has 9 nitrogen and oxygen atoms in total. The van der Waals surface area contributed by atoms with E-state index in [4.69, 9.17) is 15.1 Å². The number of nitrogens with one attached hydrogen (secondary N) is 1. The predicted octanol–water partition coefficient (Wildman–Crippen LogP) is 3.13. The van der Waals surface area contributed by atoms with Crippen LogP contribution < -0.4 is 11.1 Å². The average molecular weight is 448 g/mol. The Balaban J connectivity index is 1.71. The van der Waals surface area contributed by atoms with Crippen molar-refractivity contribution < 1.29 is 9.52 Å². The third-order valence-electron chi connectivity index (χ3n) is 5.66. The van der Waals surface area contributed by atoms with Crippen LogP contribution >= 0.6 is 0 Å². The lowest BCUT2D eigenvalue weighted by atomic mass is 10.0. The second kappa shape index (κ2) is 9.13. The standard InChI is InChI=1S/C24H29N7O2/c1-13(2)31-15(4)18(8-9-20(31)32)19-12-27-22(25)21(28-19)24-30-29-23(33-24)17-7-6-16(11-26-5)10-14(17)3/h6-10,12-13,20,26,32H,11H2,1-5H3,(H2,25,27). The van der Waals surface area contributed by atoms with E-state index < -0.39 is 6.23 Å². The smallest absolute Gasteiger partial charge is 0.270 e. The van der Waals surface area contributed by atoms with Gasteiger partial charge in [-0.05, 0) is 58.0 Å². The molecule has 0 saturated heterocycles. The molecule has 33 heavy (non-hydrogen) atoms. The van der Waals surface area contributed by atoms with Gasteiger partial charge in [-0.1, -0.05) is 18.2 Å². The zero-order valence-corrected chi connectivity index (χ0v) is 19.5. The quantitative estimate of drug-likeness (QED) is 0.522. The van der Waals surface area contributed by atoms with Crippen LogP contribution in [0.3, 0.4) is 0 Å². The highest BCUT2D eigenvalue weighted by molar-refractivity contribution is 5.77. The van der Waals surface area contributed by atoms with E-state index in [1.165, 1.54) is 5.56 Å². The Bertz CT molecular complexity index is 1230. The van der Waals surface area contributed by atoms with Gasteiger partial charge in [0.2, 0.25) is 5.89 Å². The lowest BCUT2D eigenvalue weighted by molar-refractivity contribution is 0.0465. The molecule has 0 bridgehead atoms. The van der Waals surface area contributed by atoms with Crippen LogP contribution in [0.25, 0.3) is 28.6 Å². The van der Waals surface area contributed by atoms with Crippen molar-refractivity contribution in [3.8, 4) is 23.0 Å². The van der Waals surface area contributed by atoms with Gasteiger partial charge >= 0.3 is 0 Å². The maximum atomic E-state index is 10.3. The Morgan fingerprint density at radius 1 is 1.21 bits per heavy atom. The topological polar surface area (TPSA) is 126 Å². The van der Waals surface area contributed by atoms with Crippen LogP contribution in [0.2, 0.25) is 0 Å². The van der Waals surface area contributed by atoms with Gasteiger partial charge in [-0.3, -0.25) is 0 Å². The molecule has 1 aliphatic heterocycles. The van der Waals surface area contributed by atoms with Crippen LogP contribution in [0.15, 0.2) is 46.7 Å². The van der Waals surface area contributed by atoms with Crippen LogP contribution in [-0.4, -0.2) is 49.5 Å². The highest BCUT2D eigenvalue weighted by atomic mass is 16.4. The van der Waals surface area contributed by atoms with Gasteiger partial charge in [0, 0.05) is 29.4 Å². The zero-order valence-electron chi connectivity index (χ0n) is 19.5. The number of nitrogen functional groups attached to an aromatic ring is 1. The number of aliphatic hydroxyl groups excluding tert-OH is 1. The van der Waals surface area contributed by atoms with E-state index in [1.807, 2.05) is 57.9 Å². The van der Waals surface area contributed by atoms with E-state index >= 15 is 0 Å². The van der Waals surface area contributed by atoms with Gasteiger partial charge in [0.05, 0.1) is 11.9 Å². The molecule has 4 rings (SSSR count). The second-order valence-corrected chi connectivity index (χ2v) is 8.35. The number of aliphatic hydroxyl groups is 1. The van der Waals surface area contributed by atoms with Crippen molar-refractivity contribution in [2.75, 3.05) is 12.8 Å². The molecule has 2 aromatic heterocycles. The number of hydrogen-bond donors (Lipinski definition) is 3. The molecule has 0 amide bonds. The first-order valence-electron chi connectivity index (χ1n) is 10.9. The van der Waals surface area contributed by atoms with Gasteiger partial charge in [-0.25, -0.2) is 9.97 Å². The van der Waals surface area contributed by atoms with E-state index in [0.29, 0.717) is 17.3 Å². The average Bonchev–Trinajstić information content (AvgIpc) is 3.24. The summed E-state index contributed by atoms with van der Waals surface area (Å²) in [6.07, 6.45) is 4.50. The van der Waals surface area contributed by atoms with Crippen molar-refractivity contribution in [1.29, 1.82) is 0 Å². The second-order valence-electron chi connectivity index (χ2n) is 8.35. The number of hydrogen-bond acceptors (Lipinski definition) is 9. The highest BCUT2D eigenvalue weighted by Gasteiger charge is 2.25. The molecule has 0 radical (unpaired) electrons. The van der Waals surface area contributed by atoms with Crippen LogP contribution in [0.5, 0.6) is 0 Å². The Morgan fingerprint density at radius 3 is 2.67 bits per heavy atom. The largest absolute Gasteiger partial charge is 0.414 e. The summed E-state index contributed by atoms with van der Waals surface area (Å²) in [4.78, 5) is 10.9. The van der Waals surface area contributed by atoms with E-state index in [1.54, 1.807) is 12.3 Å². The molecule has 0 spiro atoms. The van der Waals surface area contributed by atoms with Gasteiger partial charge in [-0.2, -0.15) is 0 Å². The summed E-state index contributed by atoms with van der Waals surface area (Å²) < 4.78 is 5.96. The van der Waals surface area contributed by atoms with Crippen molar-refractivity contribution in [3.63, 3.8) is 0 Å². The SMILES string of the molecule is CNCc1ccc(-c2nnc(-c3nc(C4=C(C)N(C(C)C)C(O)C=C4)cnc3N)o2)c(C)c1. The maximum Gasteiger partial charge on any atom is 0.270 e. The number of aromatic nitrogens is 4. The molecular formula is C24H29N7O2. The van der Waals surface area contributed by atoms with Crippen LogP contribution in [0.4, 0.5) is 5.82 Å². The summed E-state index contributed by atoms with van der Waals surface area (Å²) in [5.41, 5.74) is 11.9. The summed E-state index contributed by atoms with van der Waals surface area (Å²) in [6.45, 7) is 8.79. The van der Waals surface area contributed by atoms with E-state index in [0.717, 1.165) is 28.9 Å². The van der Waals surface area contributed by atoms with Gasteiger partial charge in [-0.15, -0.1) is 10.2 Å². The van der Waals surface area contributed by atoms with Crippen LogP contribution in [0.1, 0.15) is 37.6 Å². The fourth-order valence-electron chi connectivity index (χ4n) is 4.09. The molecule has 3 aromatic rings. The first-order chi connectivity index (χ1) is 15.8. The van der Waals surface area contributed by atoms with Gasteiger partial charge in [0.1, 0.15) is 6.23 Å². The van der Waals surface area contributed by atoms with Crippen molar-refractivity contribution in [2.45, 2.75) is 46.5 Å². The molecule has 0 fully saturated rings. The minimum absolute atomic E-state index is 0.113. The summed E-state index contributed by atoms with van der Waals surface area (Å²) in [5.74, 6) is 0.801. The summed E-state index contributed by atoms with van der Waals surface area (Å²) >= 11 is 0. The molecule has 0 saturated carbocycles. The Hall–Kier alpha value is -3.56. The molecule has 4 N–H and O–H groups in total. The lowest BCUT2D eigenvalue weighted by Crippen LogP contribution is -2.39. The van der Waals surface area contributed by atoms with Crippen molar-refractivity contribution in [1.82, 2.24) is 30.4 Å². The fraction of sp³-hybridized carbons (Fsp3) is 0.333. The Kier molecular flexibility index (Phi) is 6.26. The number of rotatable bonds is 6. The first kappa shape index (κ1) is 22.6. The maximum absolute atomic E-state index is 10.3. The molecule has 0 aliphatic carbocycles. The van der Waals surface area contributed by atoms with Gasteiger partial charge < -0.3 is 25.5 Å². The molecule has 172 valence electrons. The number of aryl methyl sites for hydroxylation is 1. The number of nitrogens with zero attached hydrogens (tertiary/aromatic N) is 5. The van der Waals surface area contributed by atoms with E-state index in [9.17, 15) is 5.11 Å². The Labute approximate surface area is 193 Å². The van der Waals surface area contributed by atoms with Crippen molar-refractivity contribution in [2.24, 2.45) is 0 Å². The molecule has 1 aromatic carbocycles. The third-order valence-corrected chi connectivity index (χ3v) is 5.66. The highest BCUT2D eigenvalue weighted by Crippen LogP contribution is 2.32.